The summed E-state index contributed by atoms with van der Waals surface area (Å²) in [5, 5.41) is 19.3. The zero-order valence-electron chi connectivity index (χ0n) is 6.03. The Kier molecular flexibility index (Phi) is 3.02. The van der Waals surface area contributed by atoms with E-state index in [1.807, 2.05) is 11.4 Å². The van der Waals surface area contributed by atoms with Gasteiger partial charge < -0.3 is 15.9 Å². The lowest BCUT2D eigenvalue weighted by molar-refractivity contribution is 0.267. The van der Waals surface area contributed by atoms with Gasteiger partial charge in [0.25, 0.3) is 0 Å². The fraction of sp³-hybridized carbons (Fsp3) is 0.429. The van der Waals surface area contributed by atoms with Crippen LogP contribution < -0.4 is 5.73 Å². The smallest absolute Gasteiger partial charge is 0.0774 e. The second kappa shape index (κ2) is 3.82. The fourth-order valence-corrected chi connectivity index (χ4v) is 1.59. The molecule has 0 radical (unpaired) electrons. The van der Waals surface area contributed by atoms with Crippen LogP contribution in [0.1, 0.15) is 16.5 Å². The Morgan fingerprint density at radius 2 is 2.27 bits per heavy atom. The minimum atomic E-state index is -0.313. The summed E-state index contributed by atoms with van der Waals surface area (Å²) in [5.74, 6) is 0. The lowest BCUT2D eigenvalue weighted by Crippen LogP contribution is -2.13. The molecule has 1 aromatic heterocycles. The Morgan fingerprint density at radius 3 is 2.73 bits per heavy atom. The number of rotatable bonds is 3. The summed E-state index contributed by atoms with van der Waals surface area (Å²) in [6, 6.07) is 1.50. The molecule has 1 rings (SSSR count). The van der Waals surface area contributed by atoms with Crippen LogP contribution in [0.3, 0.4) is 0 Å². The molecule has 62 valence electrons. The Bertz CT molecular complexity index is 224. The molecule has 4 N–H and O–H groups in total. The van der Waals surface area contributed by atoms with E-state index in [1.54, 1.807) is 0 Å². The van der Waals surface area contributed by atoms with Crippen LogP contribution in [0.25, 0.3) is 0 Å². The van der Waals surface area contributed by atoms with Gasteiger partial charge in [-0.1, -0.05) is 0 Å². The number of thiophene rings is 1. The molecule has 0 amide bonds. The molecule has 1 heterocycles. The van der Waals surface area contributed by atoms with Gasteiger partial charge >= 0.3 is 0 Å². The van der Waals surface area contributed by atoms with Crippen molar-refractivity contribution in [3.63, 3.8) is 0 Å². The Hall–Kier alpha value is -0.420. The van der Waals surface area contributed by atoms with Gasteiger partial charge in [-0.2, -0.15) is 0 Å². The van der Waals surface area contributed by atoms with Crippen molar-refractivity contribution < 1.29 is 10.2 Å². The first kappa shape index (κ1) is 8.67. The summed E-state index contributed by atoms with van der Waals surface area (Å²) in [6.07, 6.45) is 0. The van der Waals surface area contributed by atoms with Crippen molar-refractivity contribution in [3.8, 4) is 0 Å². The van der Waals surface area contributed by atoms with E-state index in [1.165, 1.54) is 11.3 Å². The molecule has 0 aromatic carbocycles. The normalized spacial score (nSPS) is 13.4. The largest absolute Gasteiger partial charge is 0.394 e. The topological polar surface area (TPSA) is 66.5 Å². The van der Waals surface area contributed by atoms with Crippen molar-refractivity contribution in [1.29, 1.82) is 0 Å². The third kappa shape index (κ3) is 2.00. The monoisotopic (exact) mass is 173 g/mol. The van der Waals surface area contributed by atoms with Crippen LogP contribution in [0.15, 0.2) is 11.4 Å². The summed E-state index contributed by atoms with van der Waals surface area (Å²) in [6.45, 7) is -0.00951. The quantitative estimate of drug-likeness (QED) is 0.613. The summed E-state index contributed by atoms with van der Waals surface area (Å²) in [5.41, 5.74) is 6.43. The van der Waals surface area contributed by atoms with Gasteiger partial charge in [0.2, 0.25) is 0 Å². The molecule has 11 heavy (non-hydrogen) atoms. The van der Waals surface area contributed by atoms with E-state index in [9.17, 15) is 0 Å². The highest BCUT2D eigenvalue weighted by Gasteiger charge is 2.05. The Balaban J connectivity index is 2.71. The molecule has 0 fully saturated rings. The van der Waals surface area contributed by atoms with Gasteiger partial charge in [0.1, 0.15) is 0 Å². The SMILES string of the molecule is NC(CO)c1csc(CO)c1. The van der Waals surface area contributed by atoms with Crippen molar-refractivity contribution in [2.45, 2.75) is 12.6 Å². The van der Waals surface area contributed by atoms with Gasteiger partial charge in [-0.25, -0.2) is 0 Å². The van der Waals surface area contributed by atoms with Crippen LogP contribution in [0.5, 0.6) is 0 Å². The van der Waals surface area contributed by atoms with Gasteiger partial charge in [0, 0.05) is 4.88 Å². The molecule has 0 saturated carbocycles. The highest BCUT2D eigenvalue weighted by Crippen LogP contribution is 2.18. The molecule has 1 atom stereocenters. The van der Waals surface area contributed by atoms with Gasteiger partial charge in [-0.15, -0.1) is 11.3 Å². The molecule has 0 spiro atoms. The zero-order chi connectivity index (χ0) is 8.27. The van der Waals surface area contributed by atoms with E-state index in [0.29, 0.717) is 0 Å². The number of aliphatic hydroxyl groups excluding tert-OH is 2. The molecule has 3 nitrogen and oxygen atoms in total. The molecule has 1 aromatic rings. The third-order valence-electron chi connectivity index (χ3n) is 1.45. The van der Waals surface area contributed by atoms with Gasteiger partial charge in [0.15, 0.2) is 0 Å². The standard InChI is InChI=1S/C7H11NO2S/c8-7(3-10)5-1-6(2-9)11-4-5/h1,4,7,9-10H,2-3,8H2. The highest BCUT2D eigenvalue weighted by molar-refractivity contribution is 7.10. The van der Waals surface area contributed by atoms with Gasteiger partial charge in [0.05, 0.1) is 19.3 Å². The van der Waals surface area contributed by atoms with Crippen LogP contribution >= 0.6 is 11.3 Å². The third-order valence-corrected chi connectivity index (χ3v) is 2.39. The lowest BCUT2D eigenvalue weighted by atomic mass is 10.2. The van der Waals surface area contributed by atoms with Gasteiger partial charge in [-0.05, 0) is 17.0 Å². The van der Waals surface area contributed by atoms with Crippen LogP contribution in [-0.4, -0.2) is 16.8 Å². The van der Waals surface area contributed by atoms with Crippen LogP contribution in [0.2, 0.25) is 0 Å². The number of nitrogens with two attached hydrogens (primary N) is 1. The van der Waals surface area contributed by atoms with Crippen molar-refractivity contribution in [3.05, 3.63) is 21.9 Å². The summed E-state index contributed by atoms with van der Waals surface area (Å²) in [7, 11) is 0. The van der Waals surface area contributed by atoms with E-state index < -0.39 is 0 Å². The van der Waals surface area contributed by atoms with Crippen LogP contribution in [0.4, 0.5) is 0 Å². The van der Waals surface area contributed by atoms with Crippen LogP contribution in [0, 0.1) is 0 Å². The first-order chi connectivity index (χ1) is 5.27. The predicted octanol–water partition coefficient (Wildman–Crippen LogP) is 0.233. The summed E-state index contributed by atoms with van der Waals surface area (Å²) < 4.78 is 0. The summed E-state index contributed by atoms with van der Waals surface area (Å²) in [4.78, 5) is 0.879. The Morgan fingerprint density at radius 1 is 1.55 bits per heavy atom. The van der Waals surface area contributed by atoms with E-state index >= 15 is 0 Å². The second-order valence-electron chi connectivity index (χ2n) is 2.29. The molecule has 0 saturated heterocycles. The first-order valence-electron chi connectivity index (χ1n) is 3.32. The molecule has 0 aliphatic rings. The number of hydrogen-bond acceptors (Lipinski definition) is 4. The summed E-state index contributed by atoms with van der Waals surface area (Å²) >= 11 is 1.45. The minimum Gasteiger partial charge on any atom is -0.394 e. The Labute approximate surface area is 69.1 Å². The maximum absolute atomic E-state index is 8.71. The second-order valence-corrected chi connectivity index (χ2v) is 3.29. The zero-order valence-corrected chi connectivity index (χ0v) is 6.84. The lowest BCUT2D eigenvalue weighted by Gasteiger charge is -2.02. The van der Waals surface area contributed by atoms with Crippen molar-refractivity contribution in [2.24, 2.45) is 5.73 Å². The molecule has 0 bridgehead atoms. The average Bonchev–Trinajstić information content (AvgIpc) is 2.50. The van der Waals surface area contributed by atoms with Crippen molar-refractivity contribution in [2.75, 3.05) is 6.61 Å². The van der Waals surface area contributed by atoms with E-state index in [0.717, 1.165) is 10.4 Å². The average molecular weight is 173 g/mol. The fourth-order valence-electron chi connectivity index (χ4n) is 0.780. The number of aliphatic hydroxyl groups is 2. The van der Waals surface area contributed by atoms with E-state index in [2.05, 4.69) is 0 Å². The van der Waals surface area contributed by atoms with Crippen LogP contribution in [-0.2, 0) is 6.61 Å². The van der Waals surface area contributed by atoms with E-state index in [4.69, 9.17) is 15.9 Å². The highest BCUT2D eigenvalue weighted by atomic mass is 32.1. The van der Waals surface area contributed by atoms with E-state index in [-0.39, 0.29) is 19.3 Å². The molecule has 1 unspecified atom stereocenters. The first-order valence-corrected chi connectivity index (χ1v) is 4.20. The molecule has 4 heteroatoms. The maximum atomic E-state index is 8.71. The van der Waals surface area contributed by atoms with Crippen molar-refractivity contribution in [1.82, 2.24) is 0 Å². The number of hydrogen-bond donors (Lipinski definition) is 3. The van der Waals surface area contributed by atoms with Crippen molar-refractivity contribution >= 4 is 11.3 Å². The molecular formula is C7H11NO2S. The maximum Gasteiger partial charge on any atom is 0.0774 e. The molecule has 0 aliphatic carbocycles. The molecule has 0 aliphatic heterocycles. The van der Waals surface area contributed by atoms with Gasteiger partial charge in [-0.3, -0.25) is 0 Å². The molecular weight excluding hydrogens is 162 g/mol. The minimum absolute atomic E-state index is 0.0445. The predicted molar refractivity (Wildman–Crippen MR) is 44.3 cm³/mol.